The van der Waals surface area contributed by atoms with E-state index >= 15 is 0 Å². The smallest absolute Gasteiger partial charge is 0.259 e. The molecule has 0 saturated carbocycles. The summed E-state index contributed by atoms with van der Waals surface area (Å²) in [4.78, 5) is 12.3. The van der Waals surface area contributed by atoms with Gasteiger partial charge in [-0.3, -0.25) is 4.79 Å². The molecule has 21 heavy (non-hydrogen) atoms. The van der Waals surface area contributed by atoms with E-state index in [9.17, 15) is 9.18 Å². The zero-order valence-corrected chi connectivity index (χ0v) is 11.6. The van der Waals surface area contributed by atoms with Crippen LogP contribution in [0.1, 0.15) is 10.4 Å². The number of para-hydroxylation sites is 1. The molecule has 3 N–H and O–H groups in total. The van der Waals surface area contributed by atoms with Crippen molar-refractivity contribution < 1.29 is 18.7 Å². The number of nitrogens with one attached hydrogen (secondary N) is 1. The summed E-state index contributed by atoms with van der Waals surface area (Å²) in [6, 6.07) is 8.92. The second-order valence-electron chi connectivity index (χ2n) is 4.23. The van der Waals surface area contributed by atoms with E-state index in [-0.39, 0.29) is 5.69 Å². The molecule has 1 amide bonds. The van der Waals surface area contributed by atoms with Gasteiger partial charge in [-0.1, -0.05) is 6.07 Å². The van der Waals surface area contributed by atoms with Gasteiger partial charge in [0.1, 0.15) is 5.82 Å². The third kappa shape index (κ3) is 3.05. The van der Waals surface area contributed by atoms with Gasteiger partial charge in [0.05, 0.1) is 25.5 Å². The molecule has 6 heteroatoms. The van der Waals surface area contributed by atoms with Crippen LogP contribution >= 0.6 is 0 Å². The van der Waals surface area contributed by atoms with Gasteiger partial charge in [-0.15, -0.1) is 0 Å². The average Bonchev–Trinajstić information content (AvgIpc) is 2.49. The normalized spacial score (nSPS) is 10.0. The van der Waals surface area contributed by atoms with Crippen molar-refractivity contribution in [2.75, 3.05) is 25.3 Å². The van der Waals surface area contributed by atoms with Crippen LogP contribution < -0.4 is 20.5 Å². The Bertz CT molecular complexity index is 674. The summed E-state index contributed by atoms with van der Waals surface area (Å²) >= 11 is 0. The maximum Gasteiger partial charge on any atom is 0.259 e. The quantitative estimate of drug-likeness (QED) is 0.849. The van der Waals surface area contributed by atoms with Crippen molar-refractivity contribution in [3.8, 4) is 11.5 Å². The number of carbonyl (C=O) groups excluding carboxylic acids is 1. The van der Waals surface area contributed by atoms with E-state index in [1.54, 1.807) is 18.2 Å². The van der Waals surface area contributed by atoms with Gasteiger partial charge < -0.3 is 20.5 Å². The fourth-order valence-corrected chi connectivity index (χ4v) is 1.89. The van der Waals surface area contributed by atoms with Crippen LogP contribution in [-0.2, 0) is 0 Å². The molecule has 2 rings (SSSR count). The van der Waals surface area contributed by atoms with Crippen molar-refractivity contribution in [1.29, 1.82) is 0 Å². The fraction of sp³-hybridized carbons (Fsp3) is 0.133. The average molecular weight is 290 g/mol. The first-order valence-corrected chi connectivity index (χ1v) is 6.14. The molecule has 0 radical (unpaired) electrons. The molecule has 0 aliphatic rings. The Labute approximate surface area is 121 Å². The number of amides is 1. The highest BCUT2D eigenvalue weighted by atomic mass is 19.1. The number of methoxy groups -OCH3 is 2. The summed E-state index contributed by atoms with van der Waals surface area (Å²) in [6.07, 6.45) is 0. The van der Waals surface area contributed by atoms with Gasteiger partial charge >= 0.3 is 0 Å². The van der Waals surface area contributed by atoms with Crippen molar-refractivity contribution in [2.24, 2.45) is 0 Å². The van der Waals surface area contributed by atoms with Crippen LogP contribution in [0.25, 0.3) is 0 Å². The van der Waals surface area contributed by atoms with Crippen LogP contribution in [0.4, 0.5) is 15.8 Å². The van der Waals surface area contributed by atoms with E-state index in [0.29, 0.717) is 22.7 Å². The van der Waals surface area contributed by atoms with Gasteiger partial charge in [-0.05, 0) is 30.3 Å². The molecule has 0 aromatic heterocycles. The summed E-state index contributed by atoms with van der Waals surface area (Å²) in [5.74, 6) is -0.167. The molecule has 0 fully saturated rings. The number of benzene rings is 2. The van der Waals surface area contributed by atoms with Gasteiger partial charge in [-0.2, -0.15) is 0 Å². The molecule has 0 saturated heterocycles. The number of carbonyl (C=O) groups is 1. The van der Waals surface area contributed by atoms with Gasteiger partial charge in [-0.25, -0.2) is 4.39 Å². The van der Waals surface area contributed by atoms with E-state index in [4.69, 9.17) is 15.2 Å². The van der Waals surface area contributed by atoms with Crippen molar-refractivity contribution in [1.82, 2.24) is 0 Å². The summed E-state index contributed by atoms with van der Waals surface area (Å²) in [7, 11) is 2.94. The lowest BCUT2D eigenvalue weighted by Gasteiger charge is -2.12. The number of ether oxygens (including phenoxy) is 2. The summed E-state index contributed by atoms with van der Waals surface area (Å²) in [5.41, 5.74) is 6.13. The molecule has 0 heterocycles. The minimum absolute atomic E-state index is 0.0367. The highest BCUT2D eigenvalue weighted by molar-refractivity contribution is 6.06. The number of nitrogens with two attached hydrogens (primary N) is 1. The van der Waals surface area contributed by atoms with E-state index in [1.807, 2.05) is 0 Å². The van der Waals surface area contributed by atoms with Crippen LogP contribution in [0, 0.1) is 5.82 Å². The number of halogens is 1. The number of hydrogen-bond acceptors (Lipinski definition) is 4. The number of rotatable bonds is 4. The van der Waals surface area contributed by atoms with Crippen molar-refractivity contribution in [2.45, 2.75) is 0 Å². The molecule has 5 nitrogen and oxygen atoms in total. The summed E-state index contributed by atoms with van der Waals surface area (Å²) < 4.78 is 23.4. The third-order valence-corrected chi connectivity index (χ3v) is 2.90. The summed E-state index contributed by atoms with van der Waals surface area (Å²) in [6.45, 7) is 0. The van der Waals surface area contributed by atoms with Crippen LogP contribution in [0.15, 0.2) is 36.4 Å². The zero-order chi connectivity index (χ0) is 15.4. The van der Waals surface area contributed by atoms with Gasteiger partial charge in [0.2, 0.25) is 0 Å². The maximum absolute atomic E-state index is 13.1. The standard InChI is InChI=1S/C15H15FN2O3/c1-20-13-5-3-4-10(14(13)21-2)15(19)18-9-6-7-11(16)12(17)8-9/h3-8H,17H2,1-2H3,(H,18,19). The minimum Gasteiger partial charge on any atom is -0.493 e. The zero-order valence-electron chi connectivity index (χ0n) is 11.6. The first kappa shape index (κ1) is 14.6. The number of anilines is 2. The fourth-order valence-electron chi connectivity index (χ4n) is 1.89. The largest absolute Gasteiger partial charge is 0.493 e. The van der Waals surface area contributed by atoms with Crippen molar-refractivity contribution in [3.05, 3.63) is 47.8 Å². The lowest BCUT2D eigenvalue weighted by atomic mass is 10.1. The van der Waals surface area contributed by atoms with Gasteiger partial charge in [0, 0.05) is 5.69 Å². The monoisotopic (exact) mass is 290 g/mol. The van der Waals surface area contributed by atoms with Crippen LogP contribution in [0.5, 0.6) is 11.5 Å². The lowest BCUT2D eigenvalue weighted by Crippen LogP contribution is -2.14. The van der Waals surface area contributed by atoms with Crippen LogP contribution in [-0.4, -0.2) is 20.1 Å². The second kappa shape index (κ2) is 6.13. The molecule has 110 valence electrons. The van der Waals surface area contributed by atoms with E-state index in [1.165, 1.54) is 32.4 Å². The van der Waals surface area contributed by atoms with E-state index in [2.05, 4.69) is 5.32 Å². The minimum atomic E-state index is -0.535. The topological polar surface area (TPSA) is 73.6 Å². The molecular formula is C15H15FN2O3. The molecular weight excluding hydrogens is 275 g/mol. The third-order valence-electron chi connectivity index (χ3n) is 2.90. The lowest BCUT2D eigenvalue weighted by molar-refractivity contribution is 0.102. The van der Waals surface area contributed by atoms with Gasteiger partial charge in [0.15, 0.2) is 11.5 Å². The van der Waals surface area contributed by atoms with Gasteiger partial charge in [0.25, 0.3) is 5.91 Å². The maximum atomic E-state index is 13.1. The number of nitrogen functional groups attached to an aromatic ring is 1. The molecule has 0 bridgehead atoms. The Hall–Kier alpha value is -2.76. The Morgan fingerprint density at radius 3 is 2.57 bits per heavy atom. The Morgan fingerprint density at radius 1 is 1.19 bits per heavy atom. The molecule has 0 unspecified atom stereocenters. The Morgan fingerprint density at radius 2 is 1.95 bits per heavy atom. The molecule has 0 spiro atoms. The van der Waals surface area contributed by atoms with Crippen LogP contribution in [0.3, 0.4) is 0 Å². The highest BCUT2D eigenvalue weighted by Crippen LogP contribution is 2.31. The second-order valence-corrected chi connectivity index (χ2v) is 4.23. The molecule has 0 aliphatic heterocycles. The van der Waals surface area contributed by atoms with Crippen molar-refractivity contribution in [3.63, 3.8) is 0 Å². The number of hydrogen-bond donors (Lipinski definition) is 2. The Balaban J connectivity index is 2.30. The first-order chi connectivity index (χ1) is 10.1. The van der Waals surface area contributed by atoms with E-state index in [0.717, 1.165) is 0 Å². The molecule has 0 atom stereocenters. The van der Waals surface area contributed by atoms with E-state index < -0.39 is 11.7 Å². The summed E-state index contributed by atoms with van der Waals surface area (Å²) in [5, 5.41) is 2.63. The highest BCUT2D eigenvalue weighted by Gasteiger charge is 2.16. The first-order valence-electron chi connectivity index (χ1n) is 6.14. The molecule has 2 aromatic rings. The SMILES string of the molecule is COc1cccc(C(=O)Nc2ccc(F)c(N)c2)c1OC. The van der Waals surface area contributed by atoms with Crippen LogP contribution in [0.2, 0.25) is 0 Å². The Kier molecular flexibility index (Phi) is 4.27. The molecule has 2 aromatic carbocycles. The van der Waals surface area contributed by atoms with Crippen molar-refractivity contribution >= 4 is 17.3 Å². The molecule has 0 aliphatic carbocycles. The predicted octanol–water partition coefficient (Wildman–Crippen LogP) is 2.68. The predicted molar refractivity (Wildman–Crippen MR) is 78.3 cm³/mol.